The first-order valence-electron chi connectivity index (χ1n) is 4.50. The van der Waals surface area contributed by atoms with Crippen LogP contribution in [0.2, 0.25) is 0 Å². The van der Waals surface area contributed by atoms with Crippen LogP contribution in [0, 0.1) is 11.3 Å². The van der Waals surface area contributed by atoms with Gasteiger partial charge < -0.3 is 10.1 Å². The lowest BCUT2D eigenvalue weighted by molar-refractivity contribution is 0.0455. The Kier molecular flexibility index (Phi) is 4.04. The second-order valence-corrected chi connectivity index (χ2v) is 4.88. The van der Waals surface area contributed by atoms with Crippen LogP contribution in [0.5, 0.6) is 0 Å². The third kappa shape index (κ3) is 3.18. The third-order valence-corrected chi connectivity index (χ3v) is 3.55. The van der Waals surface area contributed by atoms with Gasteiger partial charge in [0.25, 0.3) is 0 Å². The highest BCUT2D eigenvalue weighted by molar-refractivity contribution is 8.00. The molecule has 1 rings (SSSR count). The molecule has 0 aromatic heterocycles. The molecule has 1 aliphatic heterocycles. The van der Waals surface area contributed by atoms with E-state index in [2.05, 4.69) is 11.4 Å². The first-order valence-corrected chi connectivity index (χ1v) is 5.54. The van der Waals surface area contributed by atoms with Gasteiger partial charge in [0.2, 0.25) is 0 Å². The molecule has 4 heteroatoms. The quantitative estimate of drug-likeness (QED) is 0.719. The minimum Gasteiger partial charge on any atom is -0.379 e. The van der Waals surface area contributed by atoms with Crippen molar-refractivity contribution >= 4 is 11.8 Å². The SMILES string of the molecule is CNC(C)(C#N)CCSC1COC1. The maximum atomic E-state index is 8.88. The molecule has 0 aromatic rings. The first-order chi connectivity index (χ1) is 6.20. The Labute approximate surface area is 83.8 Å². The standard InChI is InChI=1S/C9H16N2OS/c1-9(7-10,11-2)3-4-13-8-5-12-6-8/h8,11H,3-6H2,1-2H3. The monoisotopic (exact) mass is 200 g/mol. The van der Waals surface area contributed by atoms with Crippen molar-refractivity contribution in [1.82, 2.24) is 5.32 Å². The molecule has 1 heterocycles. The molecule has 0 bridgehead atoms. The predicted molar refractivity (Wildman–Crippen MR) is 54.8 cm³/mol. The van der Waals surface area contributed by atoms with Gasteiger partial charge in [-0.3, -0.25) is 0 Å². The molecule has 0 spiro atoms. The molecule has 3 nitrogen and oxygen atoms in total. The van der Waals surface area contributed by atoms with Crippen LogP contribution < -0.4 is 5.32 Å². The highest BCUT2D eigenvalue weighted by Crippen LogP contribution is 2.22. The fourth-order valence-electron chi connectivity index (χ4n) is 0.977. The van der Waals surface area contributed by atoms with E-state index >= 15 is 0 Å². The van der Waals surface area contributed by atoms with Crippen molar-refractivity contribution in [3.05, 3.63) is 0 Å². The average Bonchev–Trinajstić information content (AvgIpc) is 2.09. The van der Waals surface area contributed by atoms with E-state index in [0.717, 1.165) is 25.4 Å². The van der Waals surface area contributed by atoms with Crippen molar-refractivity contribution < 1.29 is 4.74 Å². The van der Waals surface area contributed by atoms with Gasteiger partial charge in [-0.05, 0) is 26.1 Å². The fraction of sp³-hybridized carbons (Fsp3) is 0.889. The molecule has 1 unspecified atom stereocenters. The van der Waals surface area contributed by atoms with Gasteiger partial charge in [0.05, 0.1) is 24.5 Å². The van der Waals surface area contributed by atoms with Gasteiger partial charge in [0.15, 0.2) is 0 Å². The van der Waals surface area contributed by atoms with Gasteiger partial charge in [0, 0.05) is 0 Å². The minimum atomic E-state index is -0.363. The molecule has 1 fully saturated rings. The molecule has 1 aliphatic rings. The number of ether oxygens (including phenoxy) is 1. The highest BCUT2D eigenvalue weighted by atomic mass is 32.2. The number of nitrogens with one attached hydrogen (secondary N) is 1. The van der Waals surface area contributed by atoms with E-state index in [1.807, 2.05) is 25.7 Å². The van der Waals surface area contributed by atoms with Crippen LogP contribution >= 0.6 is 11.8 Å². The molecule has 0 aliphatic carbocycles. The van der Waals surface area contributed by atoms with Gasteiger partial charge in [-0.25, -0.2) is 0 Å². The predicted octanol–water partition coefficient (Wildman–Crippen LogP) is 1.01. The maximum absolute atomic E-state index is 8.88. The molecular formula is C9H16N2OS. The molecule has 1 atom stereocenters. The highest BCUT2D eigenvalue weighted by Gasteiger charge is 2.23. The lowest BCUT2D eigenvalue weighted by Gasteiger charge is -2.27. The van der Waals surface area contributed by atoms with E-state index in [4.69, 9.17) is 10.00 Å². The van der Waals surface area contributed by atoms with E-state index in [0.29, 0.717) is 5.25 Å². The Bertz CT molecular complexity index is 200. The maximum Gasteiger partial charge on any atom is 0.104 e. The Hall–Kier alpha value is -0.240. The Morgan fingerprint density at radius 2 is 2.38 bits per heavy atom. The largest absolute Gasteiger partial charge is 0.379 e. The molecule has 13 heavy (non-hydrogen) atoms. The molecule has 0 saturated carbocycles. The summed E-state index contributed by atoms with van der Waals surface area (Å²) in [6.45, 7) is 3.70. The molecule has 0 amide bonds. The van der Waals surface area contributed by atoms with Gasteiger partial charge in [-0.1, -0.05) is 0 Å². The summed E-state index contributed by atoms with van der Waals surface area (Å²) in [6.07, 6.45) is 0.890. The number of nitrogens with zero attached hydrogens (tertiary/aromatic N) is 1. The van der Waals surface area contributed by atoms with Crippen LogP contribution in [0.4, 0.5) is 0 Å². The Morgan fingerprint density at radius 1 is 1.69 bits per heavy atom. The number of hydrogen-bond donors (Lipinski definition) is 1. The number of rotatable bonds is 5. The zero-order valence-electron chi connectivity index (χ0n) is 8.17. The fourth-order valence-corrected chi connectivity index (χ4v) is 2.22. The molecule has 0 radical (unpaired) electrons. The van der Waals surface area contributed by atoms with Crippen LogP contribution in [0.1, 0.15) is 13.3 Å². The Morgan fingerprint density at radius 3 is 2.77 bits per heavy atom. The second-order valence-electron chi connectivity index (χ2n) is 3.47. The summed E-state index contributed by atoms with van der Waals surface area (Å²) in [5.41, 5.74) is -0.363. The van der Waals surface area contributed by atoms with E-state index in [9.17, 15) is 0 Å². The van der Waals surface area contributed by atoms with Crippen molar-refractivity contribution in [2.75, 3.05) is 26.0 Å². The first kappa shape index (κ1) is 10.8. The third-order valence-electron chi connectivity index (χ3n) is 2.36. The van der Waals surface area contributed by atoms with E-state index < -0.39 is 0 Å². The summed E-state index contributed by atoms with van der Waals surface area (Å²) < 4.78 is 5.07. The topological polar surface area (TPSA) is 45.0 Å². The molecule has 74 valence electrons. The van der Waals surface area contributed by atoms with Crippen molar-refractivity contribution in [1.29, 1.82) is 5.26 Å². The average molecular weight is 200 g/mol. The second kappa shape index (κ2) is 4.85. The van der Waals surface area contributed by atoms with Gasteiger partial charge in [0.1, 0.15) is 5.54 Å². The van der Waals surface area contributed by atoms with Crippen molar-refractivity contribution in [3.63, 3.8) is 0 Å². The van der Waals surface area contributed by atoms with E-state index in [1.165, 1.54) is 0 Å². The number of hydrogen-bond acceptors (Lipinski definition) is 4. The minimum absolute atomic E-state index is 0.363. The molecule has 1 N–H and O–H groups in total. The van der Waals surface area contributed by atoms with E-state index in [1.54, 1.807) is 0 Å². The zero-order chi connectivity index (χ0) is 9.73. The van der Waals surface area contributed by atoms with Gasteiger partial charge in [-0.15, -0.1) is 0 Å². The van der Waals surface area contributed by atoms with Crippen molar-refractivity contribution in [2.24, 2.45) is 0 Å². The summed E-state index contributed by atoms with van der Waals surface area (Å²) in [5, 5.41) is 12.6. The summed E-state index contributed by atoms with van der Waals surface area (Å²) in [6, 6.07) is 2.28. The molecule has 0 aromatic carbocycles. The summed E-state index contributed by atoms with van der Waals surface area (Å²) in [4.78, 5) is 0. The van der Waals surface area contributed by atoms with Crippen LogP contribution in [0.15, 0.2) is 0 Å². The number of thioether (sulfide) groups is 1. The summed E-state index contributed by atoms with van der Waals surface area (Å²) in [7, 11) is 1.83. The van der Waals surface area contributed by atoms with Crippen LogP contribution in [0.3, 0.4) is 0 Å². The zero-order valence-corrected chi connectivity index (χ0v) is 8.99. The Balaban J connectivity index is 2.13. The van der Waals surface area contributed by atoms with Crippen LogP contribution in [-0.4, -0.2) is 36.8 Å². The van der Waals surface area contributed by atoms with Crippen LogP contribution in [-0.2, 0) is 4.74 Å². The smallest absolute Gasteiger partial charge is 0.104 e. The van der Waals surface area contributed by atoms with E-state index in [-0.39, 0.29) is 5.54 Å². The lowest BCUT2D eigenvalue weighted by atomic mass is 10.0. The molecular weight excluding hydrogens is 184 g/mol. The van der Waals surface area contributed by atoms with Gasteiger partial charge >= 0.3 is 0 Å². The number of nitriles is 1. The summed E-state index contributed by atoms with van der Waals surface area (Å²) >= 11 is 1.90. The van der Waals surface area contributed by atoms with Crippen molar-refractivity contribution in [2.45, 2.75) is 24.1 Å². The lowest BCUT2D eigenvalue weighted by Crippen LogP contribution is -2.39. The molecule has 1 saturated heterocycles. The normalized spacial score (nSPS) is 21.6. The van der Waals surface area contributed by atoms with Gasteiger partial charge in [-0.2, -0.15) is 17.0 Å². The van der Waals surface area contributed by atoms with Crippen molar-refractivity contribution in [3.8, 4) is 6.07 Å². The summed E-state index contributed by atoms with van der Waals surface area (Å²) in [5.74, 6) is 1.03. The van der Waals surface area contributed by atoms with Crippen LogP contribution in [0.25, 0.3) is 0 Å².